The van der Waals surface area contributed by atoms with E-state index >= 15 is 0 Å². The lowest BCUT2D eigenvalue weighted by Crippen LogP contribution is -2.77. The summed E-state index contributed by atoms with van der Waals surface area (Å²) >= 11 is 0. The van der Waals surface area contributed by atoms with E-state index < -0.39 is 27.0 Å². The molecule has 2 aliphatic carbocycles. The molecule has 1 saturated heterocycles. The Balaban J connectivity index is 0.000000259. The van der Waals surface area contributed by atoms with Crippen molar-refractivity contribution in [2.45, 2.75) is 67.5 Å². The number of primary amides is 1. The Morgan fingerprint density at radius 2 is 1.88 bits per heavy atom. The Morgan fingerprint density at radius 3 is 2.49 bits per heavy atom. The van der Waals surface area contributed by atoms with Gasteiger partial charge in [0.2, 0.25) is 0 Å². The summed E-state index contributed by atoms with van der Waals surface area (Å²) < 4.78 is 37.4. The van der Waals surface area contributed by atoms with E-state index in [9.17, 15) is 32.8 Å². The lowest BCUT2D eigenvalue weighted by molar-refractivity contribution is -0.961. The maximum Gasteiger partial charge on any atom is 0.252 e. The molecular weight excluding hydrogens is 548 g/mol. The number of aliphatic hydroxyl groups is 1. The highest BCUT2D eigenvalue weighted by molar-refractivity contribution is 7.85. The van der Waals surface area contributed by atoms with Crippen LogP contribution >= 0.6 is 0 Å². The third-order valence-electron chi connectivity index (χ3n) is 9.29. The molecule has 4 atom stereocenters. The number of benzene rings is 2. The number of fused-ring (bicyclic) bond motifs is 1. The van der Waals surface area contributed by atoms with Crippen LogP contribution in [-0.4, -0.2) is 64.6 Å². The number of carbonyl (C=O) groups is 2. The number of ketones is 1. The molecule has 6 rings (SSSR count). The summed E-state index contributed by atoms with van der Waals surface area (Å²) in [6.07, 6.45) is 3.58. The number of hydrogen-bond donors (Lipinski definition) is 3. The number of aromatic hydroxyl groups is 1. The number of likely N-dealkylation sites (N-methyl/N-ethyl adjacent to an activating group) is 1. The van der Waals surface area contributed by atoms with Gasteiger partial charge in [-0.15, -0.1) is 0 Å². The predicted molar refractivity (Wildman–Crippen MR) is 147 cm³/mol. The van der Waals surface area contributed by atoms with Crippen molar-refractivity contribution in [3.05, 3.63) is 82.8 Å². The number of quaternary nitrogens is 1. The molecule has 1 saturated carbocycles. The van der Waals surface area contributed by atoms with Gasteiger partial charge in [0.05, 0.1) is 30.3 Å². The van der Waals surface area contributed by atoms with Crippen molar-refractivity contribution in [3.63, 3.8) is 0 Å². The third-order valence-corrected chi connectivity index (χ3v) is 10.1. The first-order valence-electron chi connectivity index (χ1n) is 13.5. The molecule has 41 heavy (non-hydrogen) atoms. The highest BCUT2D eigenvalue weighted by Gasteiger charge is 2.70. The van der Waals surface area contributed by atoms with Crippen molar-refractivity contribution in [1.82, 2.24) is 0 Å². The number of amides is 1. The standard InChI is InChI=1S/C23H26N2O5.C7H8O3S/c1-25(13-16-3-2-10-30-16)9-8-22-12-15(26)6-7-23(22,29)18(25)11-14-4-5-17(21(24)28)20(27)19(14)22;1-6-2-4-7(5-3-6)11(8,9)10/h2-5,10,18,29H,6-9,11-13H2,1H3,(H2-,24,27,28);2-5H,1H3,(H,8,9,10)/t18-,22-,23-,25?;/m1./s1. The second kappa shape index (κ2) is 10.1. The van der Waals surface area contributed by atoms with Crippen LogP contribution in [0.5, 0.6) is 5.75 Å². The minimum atomic E-state index is -4.27. The Morgan fingerprint density at radius 1 is 1.17 bits per heavy atom. The fourth-order valence-electron chi connectivity index (χ4n) is 7.27. The molecule has 1 aromatic heterocycles. The monoisotopic (exact) mass is 582 g/mol. The number of nitrogens with two attached hydrogens (primary N) is 1. The molecule has 11 heteroatoms. The fourth-order valence-corrected chi connectivity index (χ4v) is 7.74. The SMILES string of the molecule is C[N+]1(Cc2ccco2)CC[C@]23CC(=O)CC[C@@]2(O)[C@H]1Cc1ccc(C(N)=O)c(O)c13.Cc1ccc(S(=O)(=O)[O-])cc1. The van der Waals surface area contributed by atoms with Crippen molar-refractivity contribution >= 4 is 21.8 Å². The van der Waals surface area contributed by atoms with Crippen molar-refractivity contribution in [1.29, 1.82) is 0 Å². The van der Waals surface area contributed by atoms with Crippen LogP contribution in [0.4, 0.5) is 0 Å². The fraction of sp³-hybridized carbons (Fsp3) is 0.400. The lowest BCUT2D eigenvalue weighted by atomic mass is 9.48. The Bertz CT molecular complexity index is 1600. The molecule has 3 aliphatic rings. The van der Waals surface area contributed by atoms with Crippen LogP contribution in [0.1, 0.15) is 58.5 Å². The zero-order valence-corrected chi connectivity index (χ0v) is 23.8. The maximum atomic E-state index is 12.6. The summed E-state index contributed by atoms with van der Waals surface area (Å²) in [4.78, 5) is 24.3. The zero-order valence-electron chi connectivity index (χ0n) is 23.0. The molecule has 10 nitrogen and oxygen atoms in total. The molecule has 2 aromatic carbocycles. The summed E-state index contributed by atoms with van der Waals surface area (Å²) in [5, 5.41) is 23.3. The molecule has 4 N–H and O–H groups in total. The van der Waals surface area contributed by atoms with E-state index in [1.807, 2.05) is 25.1 Å². The van der Waals surface area contributed by atoms with E-state index in [1.54, 1.807) is 24.5 Å². The summed E-state index contributed by atoms with van der Waals surface area (Å²) in [5.41, 5.74) is 5.81. The van der Waals surface area contributed by atoms with Gasteiger partial charge in [0.1, 0.15) is 39.8 Å². The van der Waals surface area contributed by atoms with Crippen molar-refractivity contribution < 1.29 is 41.7 Å². The minimum Gasteiger partial charge on any atom is -0.744 e. The Kier molecular flexibility index (Phi) is 7.14. The zero-order chi connectivity index (χ0) is 29.8. The molecule has 1 amide bonds. The van der Waals surface area contributed by atoms with Gasteiger partial charge in [-0.1, -0.05) is 23.8 Å². The first-order valence-corrected chi connectivity index (χ1v) is 14.9. The number of likely N-dealkylation sites (tertiary alicyclic amines) is 1. The average molecular weight is 583 g/mol. The number of rotatable bonds is 4. The first kappa shape index (κ1) is 29.0. The van der Waals surface area contributed by atoms with Crippen LogP contribution in [-0.2, 0) is 33.3 Å². The van der Waals surface area contributed by atoms with Gasteiger partial charge in [-0.2, -0.15) is 0 Å². The normalized spacial score (nSPS) is 28.6. The van der Waals surface area contributed by atoms with E-state index in [4.69, 9.17) is 10.2 Å². The molecule has 0 spiro atoms. The van der Waals surface area contributed by atoms with Crippen LogP contribution in [0, 0.1) is 6.92 Å². The Hall–Kier alpha value is -3.51. The molecule has 3 aromatic rings. The third kappa shape index (κ3) is 4.86. The second-order valence-corrected chi connectivity index (χ2v) is 13.1. The van der Waals surface area contributed by atoms with Crippen LogP contribution in [0.15, 0.2) is 64.1 Å². The summed E-state index contributed by atoms with van der Waals surface area (Å²) in [5.74, 6) is 0.0537. The number of carbonyl (C=O) groups excluding carboxylic acids is 2. The molecular formula is C30H34N2O8S. The minimum absolute atomic E-state index is 0.0420. The molecule has 0 radical (unpaired) electrons. The van der Waals surface area contributed by atoms with Crippen LogP contribution in [0.2, 0.25) is 0 Å². The molecule has 1 aliphatic heterocycles. The lowest BCUT2D eigenvalue weighted by Gasteiger charge is -2.64. The Labute approximate surface area is 238 Å². The van der Waals surface area contributed by atoms with Crippen LogP contribution in [0.25, 0.3) is 0 Å². The molecule has 2 fully saturated rings. The second-order valence-electron chi connectivity index (χ2n) is 11.8. The van der Waals surface area contributed by atoms with Crippen LogP contribution in [0.3, 0.4) is 0 Å². The summed E-state index contributed by atoms with van der Waals surface area (Å²) in [7, 11) is -2.14. The highest BCUT2D eigenvalue weighted by atomic mass is 32.2. The van der Waals surface area contributed by atoms with E-state index in [-0.39, 0.29) is 34.5 Å². The number of hydrogen-bond acceptors (Lipinski definition) is 8. The number of nitrogens with zero attached hydrogens (tertiary/aromatic N) is 1. The smallest absolute Gasteiger partial charge is 0.252 e. The number of Topliss-reactive ketones (excluding diaryl/α,β-unsaturated/α-hetero) is 1. The first-order chi connectivity index (χ1) is 19.2. The van der Waals surface area contributed by atoms with E-state index in [0.29, 0.717) is 42.3 Å². The van der Waals surface area contributed by atoms with E-state index in [2.05, 4.69) is 7.05 Å². The number of furan rings is 1. The van der Waals surface area contributed by atoms with Gasteiger partial charge in [0.25, 0.3) is 5.91 Å². The maximum absolute atomic E-state index is 12.6. The molecule has 1 unspecified atom stereocenters. The number of piperidine rings is 1. The number of aryl methyl sites for hydroxylation is 1. The average Bonchev–Trinajstić information content (AvgIpc) is 3.40. The largest absolute Gasteiger partial charge is 0.744 e. The molecule has 2 heterocycles. The van der Waals surface area contributed by atoms with Gasteiger partial charge in [0, 0.05) is 36.7 Å². The quantitative estimate of drug-likeness (QED) is 0.311. The van der Waals surface area contributed by atoms with Crippen molar-refractivity contribution in [2.24, 2.45) is 5.73 Å². The van der Waals surface area contributed by atoms with Crippen molar-refractivity contribution in [2.75, 3.05) is 13.6 Å². The van der Waals surface area contributed by atoms with Gasteiger partial charge in [0.15, 0.2) is 5.76 Å². The highest BCUT2D eigenvalue weighted by Crippen LogP contribution is 2.61. The molecule has 2 bridgehead atoms. The molecule has 218 valence electrons. The van der Waals surface area contributed by atoms with Gasteiger partial charge >= 0.3 is 0 Å². The summed E-state index contributed by atoms with van der Waals surface area (Å²) in [6, 6.07) is 12.8. The van der Waals surface area contributed by atoms with Gasteiger partial charge in [-0.05, 0) is 49.2 Å². The predicted octanol–water partition coefficient (Wildman–Crippen LogP) is 2.68. The van der Waals surface area contributed by atoms with Gasteiger partial charge < -0.3 is 29.4 Å². The topological polar surface area (TPSA) is 171 Å². The van der Waals surface area contributed by atoms with Gasteiger partial charge in [-0.25, -0.2) is 8.42 Å². The van der Waals surface area contributed by atoms with Crippen molar-refractivity contribution in [3.8, 4) is 5.75 Å². The number of phenols is 1. The van der Waals surface area contributed by atoms with E-state index in [0.717, 1.165) is 23.4 Å². The van der Waals surface area contributed by atoms with Crippen LogP contribution < -0.4 is 5.73 Å². The van der Waals surface area contributed by atoms with E-state index in [1.165, 1.54) is 12.1 Å². The summed E-state index contributed by atoms with van der Waals surface area (Å²) in [6.45, 7) is 3.19. The van der Waals surface area contributed by atoms with Gasteiger partial charge in [-0.3, -0.25) is 9.59 Å².